The molecule has 2 atom stereocenters. The maximum absolute atomic E-state index is 12.9. The molecule has 0 radical (unpaired) electrons. The number of likely N-dealkylation sites (tertiary alicyclic amines) is 1. The number of ether oxygens (including phenoxy) is 1. The summed E-state index contributed by atoms with van der Waals surface area (Å²) in [6.07, 6.45) is -0.153. The van der Waals surface area contributed by atoms with Crippen LogP contribution in [-0.2, 0) is 9.53 Å². The minimum Gasteiger partial charge on any atom is -0.384 e. The fraction of sp³-hybridized carbons (Fsp3) is 0.938. The molecule has 1 saturated heterocycles. The van der Waals surface area contributed by atoms with E-state index in [0.717, 1.165) is 19.3 Å². The van der Waals surface area contributed by atoms with Crippen LogP contribution in [0.15, 0.2) is 0 Å². The van der Waals surface area contributed by atoms with E-state index < -0.39 is 12.1 Å². The summed E-state index contributed by atoms with van der Waals surface area (Å²) in [6, 6.07) is 0.176. The van der Waals surface area contributed by atoms with Gasteiger partial charge in [-0.3, -0.25) is 4.79 Å². The van der Waals surface area contributed by atoms with E-state index in [2.05, 4.69) is 5.32 Å². The van der Waals surface area contributed by atoms with Gasteiger partial charge in [-0.25, -0.2) is 0 Å². The average Bonchev–Trinajstić information content (AvgIpc) is 2.53. The molecule has 134 valence electrons. The number of hydrogen-bond donors (Lipinski definition) is 1. The molecule has 1 N–H and O–H groups in total. The zero-order valence-electron chi connectivity index (χ0n) is 13.7. The van der Waals surface area contributed by atoms with E-state index >= 15 is 0 Å². The molecule has 1 saturated carbocycles. The van der Waals surface area contributed by atoms with E-state index in [9.17, 15) is 18.0 Å². The first-order valence-corrected chi connectivity index (χ1v) is 8.49. The number of rotatable bonds is 5. The Hall–Kier alpha value is -0.820. The van der Waals surface area contributed by atoms with Gasteiger partial charge in [-0.2, -0.15) is 13.2 Å². The summed E-state index contributed by atoms with van der Waals surface area (Å²) in [4.78, 5) is 13.7. The van der Waals surface area contributed by atoms with Gasteiger partial charge in [0.15, 0.2) is 0 Å². The van der Waals surface area contributed by atoms with Crippen LogP contribution in [0, 0.1) is 5.92 Å². The third-order valence-corrected chi connectivity index (χ3v) is 4.98. The third kappa shape index (κ3) is 5.64. The van der Waals surface area contributed by atoms with Gasteiger partial charge in [-0.05, 0) is 32.1 Å². The van der Waals surface area contributed by atoms with Crippen molar-refractivity contribution in [1.82, 2.24) is 10.2 Å². The smallest absolute Gasteiger partial charge is 0.384 e. The lowest BCUT2D eigenvalue weighted by molar-refractivity contribution is -0.184. The third-order valence-electron chi connectivity index (χ3n) is 4.98. The van der Waals surface area contributed by atoms with Crippen molar-refractivity contribution in [1.29, 1.82) is 0 Å². The first kappa shape index (κ1) is 18.5. The first-order valence-electron chi connectivity index (χ1n) is 8.49. The van der Waals surface area contributed by atoms with Gasteiger partial charge < -0.3 is 15.0 Å². The molecule has 1 amide bonds. The van der Waals surface area contributed by atoms with Crippen LogP contribution in [-0.4, -0.2) is 55.9 Å². The highest BCUT2D eigenvalue weighted by atomic mass is 19.4. The summed E-state index contributed by atoms with van der Waals surface area (Å²) < 4.78 is 43.5. The molecule has 2 fully saturated rings. The molecule has 0 spiro atoms. The molecule has 7 heteroatoms. The van der Waals surface area contributed by atoms with Crippen LogP contribution in [0.3, 0.4) is 0 Å². The largest absolute Gasteiger partial charge is 0.391 e. The van der Waals surface area contributed by atoms with Gasteiger partial charge in [0.25, 0.3) is 0 Å². The Morgan fingerprint density at radius 1 is 1.17 bits per heavy atom. The van der Waals surface area contributed by atoms with Crippen molar-refractivity contribution in [2.75, 3.05) is 26.8 Å². The molecule has 2 rings (SSSR count). The molecule has 23 heavy (non-hydrogen) atoms. The molecule has 2 aliphatic rings. The SMILES string of the molecule is COCCC(=O)N1CCC(N[C@@H]2CCC[C@@H](C(F)(F)F)C2)CC1. The van der Waals surface area contributed by atoms with Crippen LogP contribution in [0.5, 0.6) is 0 Å². The molecule has 0 unspecified atom stereocenters. The number of amides is 1. The van der Waals surface area contributed by atoms with Gasteiger partial charge in [-0.15, -0.1) is 0 Å². The number of carbonyl (C=O) groups excluding carboxylic acids is 1. The van der Waals surface area contributed by atoms with Crippen molar-refractivity contribution in [3.8, 4) is 0 Å². The van der Waals surface area contributed by atoms with Crippen molar-refractivity contribution >= 4 is 5.91 Å². The number of alkyl halides is 3. The second-order valence-corrected chi connectivity index (χ2v) is 6.67. The molecule has 4 nitrogen and oxygen atoms in total. The number of carbonyl (C=O) groups is 1. The minimum absolute atomic E-state index is 0.0453. The predicted octanol–water partition coefficient (Wildman–Crippen LogP) is 2.72. The molecule has 1 aliphatic carbocycles. The zero-order valence-corrected chi connectivity index (χ0v) is 13.7. The monoisotopic (exact) mass is 336 g/mol. The van der Waals surface area contributed by atoms with Crippen molar-refractivity contribution in [3.63, 3.8) is 0 Å². The van der Waals surface area contributed by atoms with E-state index in [-0.39, 0.29) is 30.8 Å². The van der Waals surface area contributed by atoms with E-state index in [1.165, 1.54) is 0 Å². The topological polar surface area (TPSA) is 41.6 Å². The van der Waals surface area contributed by atoms with Crippen molar-refractivity contribution in [2.24, 2.45) is 5.92 Å². The fourth-order valence-corrected chi connectivity index (χ4v) is 3.61. The Labute approximate surface area is 135 Å². The maximum atomic E-state index is 12.9. The summed E-state index contributed by atoms with van der Waals surface area (Å²) in [5, 5.41) is 3.40. The van der Waals surface area contributed by atoms with E-state index in [1.54, 1.807) is 7.11 Å². The first-order chi connectivity index (χ1) is 10.9. The van der Waals surface area contributed by atoms with Crippen LogP contribution in [0.1, 0.15) is 44.9 Å². The molecule has 1 heterocycles. The highest BCUT2D eigenvalue weighted by molar-refractivity contribution is 5.76. The molecule has 0 bridgehead atoms. The Bertz CT molecular complexity index is 382. The highest BCUT2D eigenvalue weighted by Gasteiger charge is 2.42. The number of hydrogen-bond acceptors (Lipinski definition) is 3. The molecule has 0 aromatic heterocycles. The second kappa shape index (κ2) is 8.33. The minimum atomic E-state index is -4.07. The van der Waals surface area contributed by atoms with Crippen molar-refractivity contribution in [2.45, 2.75) is 63.2 Å². The molecule has 1 aliphatic heterocycles. The van der Waals surface area contributed by atoms with Gasteiger partial charge in [0.2, 0.25) is 5.91 Å². The van der Waals surface area contributed by atoms with Gasteiger partial charge in [-0.1, -0.05) is 6.42 Å². The van der Waals surface area contributed by atoms with E-state index in [4.69, 9.17) is 4.74 Å². The van der Waals surface area contributed by atoms with E-state index in [0.29, 0.717) is 32.5 Å². The number of nitrogens with one attached hydrogen (secondary N) is 1. The summed E-state index contributed by atoms with van der Waals surface area (Å²) in [7, 11) is 1.57. The lowest BCUT2D eigenvalue weighted by atomic mass is 9.84. The second-order valence-electron chi connectivity index (χ2n) is 6.67. The van der Waals surface area contributed by atoms with Gasteiger partial charge in [0, 0.05) is 32.3 Å². The molecular formula is C16H27F3N2O2. The molecular weight excluding hydrogens is 309 g/mol. The van der Waals surface area contributed by atoms with Crippen LogP contribution < -0.4 is 5.32 Å². The summed E-state index contributed by atoms with van der Waals surface area (Å²) in [5.74, 6) is -1.07. The lowest BCUT2D eigenvalue weighted by Gasteiger charge is -2.37. The average molecular weight is 336 g/mol. The Kier molecular flexibility index (Phi) is 6.71. The lowest BCUT2D eigenvalue weighted by Crippen LogP contribution is -2.49. The quantitative estimate of drug-likeness (QED) is 0.839. The van der Waals surface area contributed by atoms with Crippen LogP contribution >= 0.6 is 0 Å². The van der Waals surface area contributed by atoms with Crippen LogP contribution in [0.2, 0.25) is 0 Å². The highest BCUT2D eigenvalue weighted by Crippen LogP contribution is 2.37. The summed E-state index contributed by atoms with van der Waals surface area (Å²) in [5.41, 5.74) is 0. The number of nitrogens with zero attached hydrogens (tertiary/aromatic N) is 1. The number of methoxy groups -OCH3 is 1. The van der Waals surface area contributed by atoms with Gasteiger partial charge in [0.1, 0.15) is 0 Å². The number of halogens is 3. The Balaban J connectivity index is 1.73. The Morgan fingerprint density at radius 2 is 1.87 bits per heavy atom. The molecule has 0 aromatic carbocycles. The summed E-state index contributed by atoms with van der Waals surface area (Å²) >= 11 is 0. The standard InChI is InChI=1S/C16H27F3N2O2/c1-23-10-7-15(22)21-8-5-13(6-9-21)20-14-4-2-3-12(11-14)16(17,18)19/h12-14,20H,2-11H2,1H3/t12-,14-/m1/s1. The molecule has 0 aromatic rings. The Morgan fingerprint density at radius 3 is 2.48 bits per heavy atom. The van der Waals surface area contributed by atoms with Crippen LogP contribution in [0.25, 0.3) is 0 Å². The fourth-order valence-electron chi connectivity index (χ4n) is 3.61. The van der Waals surface area contributed by atoms with E-state index in [1.807, 2.05) is 4.90 Å². The zero-order chi connectivity index (χ0) is 16.9. The van der Waals surface area contributed by atoms with Gasteiger partial charge in [0.05, 0.1) is 18.9 Å². The predicted molar refractivity (Wildman–Crippen MR) is 81.0 cm³/mol. The number of piperidine rings is 1. The van der Waals surface area contributed by atoms with Crippen molar-refractivity contribution in [3.05, 3.63) is 0 Å². The maximum Gasteiger partial charge on any atom is 0.391 e. The van der Waals surface area contributed by atoms with Gasteiger partial charge >= 0.3 is 6.18 Å². The normalized spacial score (nSPS) is 27.2. The summed E-state index contributed by atoms with van der Waals surface area (Å²) in [6.45, 7) is 1.78. The van der Waals surface area contributed by atoms with Crippen LogP contribution in [0.4, 0.5) is 13.2 Å². The van der Waals surface area contributed by atoms with Crippen molar-refractivity contribution < 1.29 is 22.7 Å².